The second kappa shape index (κ2) is 11.4. The van der Waals surface area contributed by atoms with Crippen molar-refractivity contribution in [3.05, 3.63) is 81.5 Å². The highest BCUT2D eigenvalue weighted by molar-refractivity contribution is 7.09. The molecule has 0 radical (unpaired) electrons. The summed E-state index contributed by atoms with van der Waals surface area (Å²) < 4.78 is 11.5. The Kier molecular flexibility index (Phi) is 8.08. The van der Waals surface area contributed by atoms with Crippen LogP contribution in [0, 0.1) is 0 Å². The van der Waals surface area contributed by atoms with Crippen LogP contribution in [0.25, 0.3) is 0 Å². The fraction of sp³-hybridized carbons (Fsp3) is 0.357. The van der Waals surface area contributed by atoms with Gasteiger partial charge in [-0.25, -0.2) is 0 Å². The van der Waals surface area contributed by atoms with Gasteiger partial charge in [-0.15, -0.1) is 11.3 Å². The molecule has 0 N–H and O–H groups in total. The number of carbonyl (C=O) groups excluding carboxylic acids is 2. The number of benzene rings is 2. The average Bonchev–Trinajstić information content (AvgIpc) is 3.40. The number of amides is 2. The maximum Gasteiger partial charge on any atom is 0.225 e. The summed E-state index contributed by atoms with van der Waals surface area (Å²) in [6.07, 6.45) is 1.09. The van der Waals surface area contributed by atoms with E-state index in [-0.39, 0.29) is 24.3 Å². The predicted octanol–water partition coefficient (Wildman–Crippen LogP) is 5.22. The van der Waals surface area contributed by atoms with Crippen molar-refractivity contribution in [1.29, 1.82) is 0 Å². The number of carbonyl (C=O) groups is 2. The third-order valence-corrected chi connectivity index (χ3v) is 7.32. The molecular formula is C28H32N2O4S. The fourth-order valence-electron chi connectivity index (χ4n) is 4.61. The fourth-order valence-corrected chi connectivity index (χ4v) is 5.23. The molecule has 2 aromatic carbocycles. The van der Waals surface area contributed by atoms with Crippen molar-refractivity contribution in [1.82, 2.24) is 9.80 Å². The Bertz CT molecular complexity index is 1160. The first-order valence-corrected chi connectivity index (χ1v) is 12.8. The van der Waals surface area contributed by atoms with Gasteiger partial charge >= 0.3 is 0 Å². The van der Waals surface area contributed by atoms with E-state index in [0.29, 0.717) is 37.7 Å². The van der Waals surface area contributed by atoms with Crippen LogP contribution in [-0.2, 0) is 29.2 Å². The van der Waals surface area contributed by atoms with Gasteiger partial charge in [-0.3, -0.25) is 9.59 Å². The molecule has 0 fully saturated rings. The lowest BCUT2D eigenvalue weighted by Crippen LogP contribution is -2.42. The Labute approximate surface area is 211 Å². The Morgan fingerprint density at radius 3 is 2.66 bits per heavy atom. The van der Waals surface area contributed by atoms with Crippen molar-refractivity contribution >= 4 is 23.2 Å². The van der Waals surface area contributed by atoms with E-state index >= 15 is 0 Å². The third kappa shape index (κ3) is 5.85. The lowest BCUT2D eigenvalue weighted by Gasteiger charge is -2.37. The minimum absolute atomic E-state index is 0.00299. The van der Waals surface area contributed by atoms with Gasteiger partial charge in [0.05, 0.1) is 19.6 Å². The topological polar surface area (TPSA) is 59.1 Å². The van der Waals surface area contributed by atoms with E-state index in [1.165, 1.54) is 5.56 Å². The molecule has 1 aromatic heterocycles. The molecule has 1 aliphatic heterocycles. The van der Waals surface area contributed by atoms with Crippen LogP contribution in [0.1, 0.15) is 47.9 Å². The van der Waals surface area contributed by atoms with Gasteiger partial charge in [0.1, 0.15) is 6.61 Å². The zero-order chi connectivity index (χ0) is 24.8. The van der Waals surface area contributed by atoms with Gasteiger partial charge in [-0.05, 0) is 53.6 Å². The number of rotatable bonds is 9. The second-order valence-electron chi connectivity index (χ2n) is 8.64. The zero-order valence-corrected chi connectivity index (χ0v) is 21.3. The zero-order valence-electron chi connectivity index (χ0n) is 20.5. The summed E-state index contributed by atoms with van der Waals surface area (Å²) in [6, 6.07) is 17.7. The Hall–Kier alpha value is -3.32. The van der Waals surface area contributed by atoms with Gasteiger partial charge in [-0.2, -0.15) is 0 Å². The predicted molar refractivity (Wildman–Crippen MR) is 138 cm³/mol. The summed E-state index contributed by atoms with van der Waals surface area (Å²) in [5.41, 5.74) is 3.26. The number of methoxy groups -OCH3 is 1. The summed E-state index contributed by atoms with van der Waals surface area (Å²) in [4.78, 5) is 30.6. The largest absolute Gasteiger partial charge is 0.493 e. The maximum atomic E-state index is 13.4. The molecule has 2 amide bonds. The van der Waals surface area contributed by atoms with Crippen LogP contribution in [0.5, 0.6) is 11.5 Å². The SMILES string of the molecule is CCN(Cc1ccc(OCc2cccs2)c(OC)c1)C(=O)CC1c2ccccc2CCN1C(C)=O. The highest BCUT2D eigenvalue weighted by atomic mass is 32.1. The van der Waals surface area contributed by atoms with Crippen molar-refractivity contribution in [2.45, 2.75) is 45.9 Å². The summed E-state index contributed by atoms with van der Waals surface area (Å²) >= 11 is 1.65. The van der Waals surface area contributed by atoms with Crippen LogP contribution >= 0.6 is 11.3 Å². The van der Waals surface area contributed by atoms with Gasteiger partial charge in [-0.1, -0.05) is 36.4 Å². The van der Waals surface area contributed by atoms with Crippen LogP contribution in [0.3, 0.4) is 0 Å². The lowest BCUT2D eigenvalue weighted by molar-refractivity contribution is -0.137. The molecule has 1 unspecified atom stereocenters. The van der Waals surface area contributed by atoms with Crippen molar-refractivity contribution in [2.75, 3.05) is 20.2 Å². The van der Waals surface area contributed by atoms with E-state index in [1.807, 2.05) is 70.6 Å². The molecule has 0 bridgehead atoms. The van der Waals surface area contributed by atoms with E-state index in [0.717, 1.165) is 22.4 Å². The van der Waals surface area contributed by atoms with E-state index in [2.05, 4.69) is 6.07 Å². The smallest absolute Gasteiger partial charge is 0.225 e. The van der Waals surface area contributed by atoms with Crippen LogP contribution in [0.4, 0.5) is 0 Å². The van der Waals surface area contributed by atoms with Crippen LogP contribution < -0.4 is 9.47 Å². The highest BCUT2D eigenvalue weighted by Crippen LogP contribution is 2.34. The monoisotopic (exact) mass is 492 g/mol. The highest BCUT2D eigenvalue weighted by Gasteiger charge is 2.31. The molecule has 1 aliphatic rings. The Morgan fingerprint density at radius 2 is 1.94 bits per heavy atom. The van der Waals surface area contributed by atoms with Crippen molar-refractivity contribution in [2.24, 2.45) is 0 Å². The molecule has 2 heterocycles. The molecule has 3 aromatic rings. The van der Waals surface area contributed by atoms with Gasteiger partial charge < -0.3 is 19.3 Å². The standard InChI is InChI=1S/C28H32N2O4S/c1-4-29(18-21-11-12-26(27(16-21)33-3)34-19-23-9-7-15-35-23)28(32)17-25-24-10-6-5-8-22(24)13-14-30(25)20(2)31/h5-12,15-16,25H,4,13-14,17-19H2,1-3H3. The summed E-state index contributed by atoms with van der Waals surface area (Å²) in [6.45, 7) is 5.73. The number of hydrogen-bond acceptors (Lipinski definition) is 5. The maximum absolute atomic E-state index is 13.4. The van der Waals surface area contributed by atoms with E-state index < -0.39 is 0 Å². The summed E-state index contributed by atoms with van der Waals surface area (Å²) in [5.74, 6) is 1.35. The quantitative estimate of drug-likeness (QED) is 0.411. The van der Waals surface area contributed by atoms with Gasteiger partial charge in [0.2, 0.25) is 11.8 Å². The van der Waals surface area contributed by atoms with Crippen LogP contribution in [0.15, 0.2) is 60.0 Å². The van der Waals surface area contributed by atoms with Crippen molar-refractivity contribution in [3.8, 4) is 11.5 Å². The number of thiophene rings is 1. The molecular weight excluding hydrogens is 460 g/mol. The van der Waals surface area contributed by atoms with E-state index in [1.54, 1.807) is 25.4 Å². The van der Waals surface area contributed by atoms with Crippen LogP contribution in [0.2, 0.25) is 0 Å². The molecule has 35 heavy (non-hydrogen) atoms. The molecule has 0 spiro atoms. The first-order valence-electron chi connectivity index (χ1n) is 11.9. The second-order valence-corrected chi connectivity index (χ2v) is 9.67. The van der Waals surface area contributed by atoms with Gasteiger partial charge in [0.25, 0.3) is 0 Å². The van der Waals surface area contributed by atoms with E-state index in [9.17, 15) is 9.59 Å². The minimum Gasteiger partial charge on any atom is -0.493 e. The molecule has 0 saturated carbocycles. The number of nitrogens with zero attached hydrogens (tertiary/aromatic N) is 2. The van der Waals surface area contributed by atoms with Crippen molar-refractivity contribution < 1.29 is 19.1 Å². The lowest BCUT2D eigenvalue weighted by atomic mass is 9.90. The average molecular weight is 493 g/mol. The third-order valence-electron chi connectivity index (χ3n) is 6.47. The van der Waals surface area contributed by atoms with Gasteiger partial charge in [0.15, 0.2) is 11.5 Å². The number of fused-ring (bicyclic) bond motifs is 1. The number of ether oxygens (including phenoxy) is 2. The van der Waals surface area contributed by atoms with Crippen LogP contribution in [-0.4, -0.2) is 41.8 Å². The molecule has 184 valence electrons. The van der Waals surface area contributed by atoms with Gasteiger partial charge in [0, 0.05) is 31.4 Å². The minimum atomic E-state index is -0.235. The summed E-state index contributed by atoms with van der Waals surface area (Å²) in [7, 11) is 1.62. The van der Waals surface area contributed by atoms with Crippen molar-refractivity contribution in [3.63, 3.8) is 0 Å². The molecule has 6 nitrogen and oxygen atoms in total. The Morgan fingerprint density at radius 1 is 1.11 bits per heavy atom. The van der Waals surface area contributed by atoms with E-state index in [4.69, 9.17) is 9.47 Å². The summed E-state index contributed by atoms with van der Waals surface area (Å²) in [5, 5.41) is 2.02. The molecule has 7 heteroatoms. The number of hydrogen-bond donors (Lipinski definition) is 0. The molecule has 1 atom stereocenters. The first-order chi connectivity index (χ1) is 17.0. The molecule has 0 saturated heterocycles. The first kappa shape index (κ1) is 24.8. The Balaban J connectivity index is 1.47. The molecule has 0 aliphatic carbocycles. The normalized spacial score (nSPS) is 14.8. The molecule has 4 rings (SSSR count).